The van der Waals surface area contributed by atoms with Crippen LogP contribution in [0.1, 0.15) is 24.2 Å². The first-order valence-electron chi connectivity index (χ1n) is 6.74. The molecule has 0 bridgehead atoms. The van der Waals surface area contributed by atoms with Gasteiger partial charge in [-0.3, -0.25) is 14.9 Å². The highest BCUT2D eigenvalue weighted by Crippen LogP contribution is 2.29. The molecule has 0 aromatic heterocycles. The van der Waals surface area contributed by atoms with E-state index in [1.165, 1.54) is 12.1 Å². The summed E-state index contributed by atoms with van der Waals surface area (Å²) >= 11 is 0. The van der Waals surface area contributed by atoms with Gasteiger partial charge in [-0.2, -0.15) is 0 Å². The van der Waals surface area contributed by atoms with Gasteiger partial charge >= 0.3 is 0 Å². The van der Waals surface area contributed by atoms with E-state index in [0.29, 0.717) is 25.3 Å². The maximum atomic E-state index is 12.6. The number of rotatable bonds is 3. The number of para-hydroxylation sites is 1. The Bertz CT molecular complexity index is 571. The Morgan fingerprint density at radius 1 is 1.48 bits per heavy atom. The second-order valence-electron chi connectivity index (χ2n) is 5.54. The highest BCUT2D eigenvalue weighted by atomic mass is 16.6. The summed E-state index contributed by atoms with van der Waals surface area (Å²) in [6.45, 7) is 5.23. The zero-order chi connectivity index (χ0) is 15.6. The number of nitro groups is 1. The number of ether oxygens (including phenoxy) is 1. The van der Waals surface area contributed by atoms with Crippen LogP contribution in [0.4, 0.5) is 11.4 Å². The molecule has 1 aliphatic heterocycles. The van der Waals surface area contributed by atoms with Gasteiger partial charge in [-0.05, 0) is 19.9 Å². The zero-order valence-corrected chi connectivity index (χ0v) is 12.4. The average molecular weight is 293 g/mol. The Morgan fingerprint density at radius 3 is 2.76 bits per heavy atom. The molecule has 0 saturated carbocycles. The molecule has 0 aliphatic carbocycles. The van der Waals surface area contributed by atoms with Crippen LogP contribution in [0.15, 0.2) is 18.2 Å². The minimum Gasteiger partial charge on any atom is -0.382 e. The van der Waals surface area contributed by atoms with Gasteiger partial charge in [-0.25, -0.2) is 0 Å². The van der Waals surface area contributed by atoms with Crippen molar-refractivity contribution in [2.45, 2.75) is 19.4 Å². The summed E-state index contributed by atoms with van der Waals surface area (Å²) in [5.74, 6) is -0.223. The molecule has 0 atom stereocenters. The molecular weight excluding hydrogens is 274 g/mol. The molecule has 1 N–H and O–H groups in total. The van der Waals surface area contributed by atoms with Gasteiger partial charge in [0.2, 0.25) is 0 Å². The van der Waals surface area contributed by atoms with E-state index in [4.69, 9.17) is 4.74 Å². The second kappa shape index (κ2) is 5.69. The third kappa shape index (κ3) is 3.13. The molecular formula is C14H19N3O4. The molecule has 1 aliphatic rings. The van der Waals surface area contributed by atoms with E-state index in [2.05, 4.69) is 5.32 Å². The number of carbonyl (C=O) groups is 1. The molecule has 1 amide bonds. The number of amides is 1. The molecule has 1 aromatic carbocycles. The summed E-state index contributed by atoms with van der Waals surface area (Å²) in [6.07, 6.45) is 0. The summed E-state index contributed by atoms with van der Waals surface area (Å²) in [4.78, 5) is 24.9. The quantitative estimate of drug-likeness (QED) is 0.679. The fourth-order valence-corrected chi connectivity index (χ4v) is 2.49. The zero-order valence-electron chi connectivity index (χ0n) is 12.4. The lowest BCUT2D eigenvalue weighted by atomic mass is 10.0. The lowest BCUT2D eigenvalue weighted by molar-refractivity contribution is -0.384. The predicted molar refractivity (Wildman–Crippen MR) is 78.6 cm³/mol. The van der Waals surface area contributed by atoms with Crippen LogP contribution in [0, 0.1) is 10.1 Å². The third-order valence-corrected chi connectivity index (χ3v) is 3.43. The third-order valence-electron chi connectivity index (χ3n) is 3.43. The molecule has 1 aromatic rings. The molecule has 7 heteroatoms. The average Bonchev–Trinajstić information content (AvgIpc) is 2.44. The summed E-state index contributed by atoms with van der Waals surface area (Å²) in [7, 11) is 1.57. The topological polar surface area (TPSA) is 84.7 Å². The van der Waals surface area contributed by atoms with Crippen LogP contribution in [0.25, 0.3) is 0 Å². The maximum Gasteiger partial charge on any atom is 0.293 e. The van der Waals surface area contributed by atoms with Crippen LogP contribution < -0.4 is 5.32 Å². The Kier molecular flexibility index (Phi) is 4.13. The van der Waals surface area contributed by atoms with E-state index < -0.39 is 10.5 Å². The van der Waals surface area contributed by atoms with Crippen molar-refractivity contribution < 1.29 is 14.5 Å². The Morgan fingerprint density at radius 2 is 2.19 bits per heavy atom. The van der Waals surface area contributed by atoms with Crippen molar-refractivity contribution in [2.24, 2.45) is 0 Å². The molecule has 21 heavy (non-hydrogen) atoms. The van der Waals surface area contributed by atoms with Gasteiger partial charge in [0.05, 0.1) is 22.7 Å². The van der Waals surface area contributed by atoms with E-state index in [-0.39, 0.29) is 17.3 Å². The fraction of sp³-hybridized carbons (Fsp3) is 0.500. The molecule has 1 fully saturated rings. The summed E-state index contributed by atoms with van der Waals surface area (Å²) in [5.41, 5.74) is 0.0473. The fourth-order valence-electron chi connectivity index (χ4n) is 2.49. The van der Waals surface area contributed by atoms with E-state index in [0.717, 1.165) is 0 Å². The van der Waals surface area contributed by atoms with Crippen LogP contribution in [0.3, 0.4) is 0 Å². The smallest absolute Gasteiger partial charge is 0.293 e. The maximum absolute atomic E-state index is 12.6. The van der Waals surface area contributed by atoms with Crippen molar-refractivity contribution in [3.05, 3.63) is 33.9 Å². The first-order chi connectivity index (χ1) is 9.85. The largest absolute Gasteiger partial charge is 0.382 e. The van der Waals surface area contributed by atoms with Crippen LogP contribution in [0.2, 0.25) is 0 Å². The molecule has 1 heterocycles. The number of hydrogen-bond acceptors (Lipinski definition) is 5. The number of nitrogens with one attached hydrogen (secondary N) is 1. The summed E-state index contributed by atoms with van der Waals surface area (Å²) in [6, 6.07) is 4.51. The van der Waals surface area contributed by atoms with Gasteiger partial charge in [0.1, 0.15) is 5.69 Å². The first-order valence-corrected chi connectivity index (χ1v) is 6.74. The lowest BCUT2D eigenvalue weighted by Gasteiger charge is -2.38. The van der Waals surface area contributed by atoms with Crippen LogP contribution in [0.5, 0.6) is 0 Å². The minimum atomic E-state index is -0.494. The van der Waals surface area contributed by atoms with Gasteiger partial charge in [-0.15, -0.1) is 0 Å². The highest BCUT2D eigenvalue weighted by Gasteiger charge is 2.32. The van der Waals surface area contributed by atoms with Crippen molar-refractivity contribution in [3.8, 4) is 0 Å². The Balaban J connectivity index is 2.35. The molecule has 0 spiro atoms. The molecule has 2 rings (SSSR count). The Labute approximate surface area is 123 Å². The monoisotopic (exact) mass is 293 g/mol. The van der Waals surface area contributed by atoms with Crippen molar-refractivity contribution >= 4 is 17.3 Å². The van der Waals surface area contributed by atoms with Crippen molar-refractivity contribution in [2.75, 3.05) is 32.1 Å². The van der Waals surface area contributed by atoms with Crippen molar-refractivity contribution in [1.82, 2.24) is 4.90 Å². The van der Waals surface area contributed by atoms with E-state index in [1.807, 2.05) is 13.8 Å². The van der Waals surface area contributed by atoms with Crippen molar-refractivity contribution in [1.29, 1.82) is 0 Å². The first kappa shape index (κ1) is 15.2. The molecule has 0 unspecified atom stereocenters. The van der Waals surface area contributed by atoms with Crippen LogP contribution in [-0.4, -0.2) is 48.1 Å². The number of carbonyl (C=O) groups excluding carboxylic acids is 1. The van der Waals surface area contributed by atoms with E-state index in [1.54, 1.807) is 18.0 Å². The number of hydrogen-bond donors (Lipinski definition) is 1. The number of nitro benzene ring substituents is 1. The number of morpholine rings is 1. The molecule has 114 valence electrons. The van der Waals surface area contributed by atoms with Gasteiger partial charge in [-0.1, -0.05) is 6.07 Å². The summed E-state index contributed by atoms with van der Waals surface area (Å²) in [5, 5.41) is 13.8. The van der Waals surface area contributed by atoms with E-state index in [9.17, 15) is 14.9 Å². The van der Waals surface area contributed by atoms with Crippen LogP contribution >= 0.6 is 0 Å². The van der Waals surface area contributed by atoms with Gasteiger partial charge in [0, 0.05) is 26.2 Å². The SMILES string of the molecule is CNc1c(C(=O)N2CCOC(C)(C)C2)cccc1[N+](=O)[O-]. The normalized spacial score (nSPS) is 17.4. The number of benzene rings is 1. The summed E-state index contributed by atoms with van der Waals surface area (Å²) < 4.78 is 5.58. The second-order valence-corrected chi connectivity index (χ2v) is 5.54. The molecule has 0 radical (unpaired) electrons. The molecule has 7 nitrogen and oxygen atoms in total. The van der Waals surface area contributed by atoms with Crippen LogP contribution in [-0.2, 0) is 4.74 Å². The Hall–Kier alpha value is -2.15. The predicted octanol–water partition coefficient (Wildman–Crippen LogP) is 1.89. The number of anilines is 1. The molecule has 1 saturated heterocycles. The van der Waals surface area contributed by atoms with Gasteiger partial charge in [0.15, 0.2) is 0 Å². The van der Waals surface area contributed by atoms with E-state index >= 15 is 0 Å². The number of nitrogens with zero attached hydrogens (tertiary/aromatic N) is 2. The lowest BCUT2D eigenvalue weighted by Crippen LogP contribution is -2.50. The van der Waals surface area contributed by atoms with Gasteiger partial charge < -0.3 is 15.0 Å². The van der Waals surface area contributed by atoms with Gasteiger partial charge in [0.25, 0.3) is 11.6 Å². The van der Waals surface area contributed by atoms with Crippen molar-refractivity contribution in [3.63, 3.8) is 0 Å². The standard InChI is InChI=1S/C14H19N3O4/c1-14(2)9-16(7-8-21-14)13(18)10-5-4-6-11(17(19)20)12(10)15-3/h4-6,15H,7-9H2,1-3H3. The minimum absolute atomic E-state index is 0.101. The highest BCUT2D eigenvalue weighted by molar-refractivity contribution is 6.01.